The first-order chi connectivity index (χ1) is 5.00. The maximum absolute atomic E-state index is 3.38. The third kappa shape index (κ3) is 3.10. The van der Waals surface area contributed by atoms with Crippen LogP contribution in [-0.4, -0.2) is 33.7 Å². The minimum absolute atomic E-state index is 1.14. The number of aromatic nitrogens is 4. The lowest BCUT2D eigenvalue weighted by Gasteiger charge is -1.81. The molecule has 10 heavy (non-hydrogen) atoms. The lowest BCUT2D eigenvalue weighted by molar-refractivity contribution is 0.689. The molecule has 1 aromatic heterocycles. The molecule has 0 aromatic carbocycles. The predicted octanol–water partition coefficient (Wildman–Crippen LogP) is -1.32. The van der Waals surface area contributed by atoms with Crippen molar-refractivity contribution in [3.63, 3.8) is 0 Å². The number of hydrazine groups is 1. The zero-order chi connectivity index (χ0) is 7.07. The minimum Gasteiger partial charge on any atom is -0.258 e. The number of hydrogen-bond donors (Lipinski definition) is 3. The van der Waals surface area contributed by atoms with Crippen LogP contribution < -0.4 is 10.9 Å². The van der Waals surface area contributed by atoms with E-state index in [1.165, 1.54) is 12.7 Å². The summed E-state index contributed by atoms with van der Waals surface area (Å²) in [5.74, 6) is 0. The van der Waals surface area contributed by atoms with E-state index in [9.17, 15) is 0 Å². The van der Waals surface area contributed by atoms with Gasteiger partial charge in [-0.25, -0.2) is 0 Å². The van der Waals surface area contributed by atoms with Gasteiger partial charge in [-0.1, -0.05) is 5.21 Å². The molecule has 0 radical (unpaired) electrons. The smallest absolute Gasteiger partial charge is 0.161 e. The van der Waals surface area contributed by atoms with E-state index in [-0.39, 0.29) is 0 Å². The summed E-state index contributed by atoms with van der Waals surface area (Å²) in [4.78, 5) is 0. The van der Waals surface area contributed by atoms with Crippen molar-refractivity contribution in [2.75, 3.05) is 13.1 Å². The number of hydrogen-bond acceptors (Lipinski definition) is 5. The maximum atomic E-state index is 3.38. The number of aromatic amines is 1. The third-order valence-corrected chi connectivity index (χ3v) is 0.998. The average molecular weight is 142 g/mol. The van der Waals surface area contributed by atoms with E-state index in [4.69, 9.17) is 0 Å². The number of H-pyrrole nitrogens is 1. The van der Waals surface area contributed by atoms with Gasteiger partial charge in [0.1, 0.15) is 0 Å². The monoisotopic (exact) mass is 142 g/mol. The molecule has 1 aliphatic rings. The van der Waals surface area contributed by atoms with E-state index in [0.717, 1.165) is 13.1 Å². The first-order valence-corrected chi connectivity index (χ1v) is 3.12. The summed E-state index contributed by atoms with van der Waals surface area (Å²) in [5.41, 5.74) is 5.94. The molecule has 0 amide bonds. The summed E-state index contributed by atoms with van der Waals surface area (Å²) in [6, 6.07) is 0. The summed E-state index contributed by atoms with van der Waals surface area (Å²) in [5, 5.41) is 12.2. The first-order valence-electron chi connectivity index (χ1n) is 3.12. The van der Waals surface area contributed by atoms with Crippen molar-refractivity contribution in [3.8, 4) is 0 Å². The Morgan fingerprint density at radius 1 is 1.20 bits per heavy atom. The normalized spacial score (nSPS) is 16.0. The van der Waals surface area contributed by atoms with Crippen LogP contribution in [-0.2, 0) is 0 Å². The maximum Gasteiger partial charge on any atom is 0.161 e. The van der Waals surface area contributed by atoms with Gasteiger partial charge < -0.3 is 0 Å². The molecule has 0 spiro atoms. The van der Waals surface area contributed by atoms with Crippen molar-refractivity contribution in [1.82, 2.24) is 31.5 Å². The Labute approximate surface area is 58.4 Å². The van der Waals surface area contributed by atoms with E-state index < -0.39 is 0 Å². The van der Waals surface area contributed by atoms with Gasteiger partial charge in [0.15, 0.2) is 6.33 Å². The molecule has 1 fully saturated rings. The fraction of sp³-hybridized carbons (Fsp3) is 0.750. The second kappa shape index (κ2) is 4.83. The molecule has 1 aromatic rings. The lowest BCUT2D eigenvalue weighted by atomic mass is 10.5. The number of tetrazole rings is 1. The van der Waals surface area contributed by atoms with Gasteiger partial charge in [-0.3, -0.25) is 10.9 Å². The second-order valence-electron chi connectivity index (χ2n) is 1.77. The summed E-state index contributed by atoms with van der Waals surface area (Å²) < 4.78 is 0. The molecular formula is C4H10N6. The Balaban J connectivity index is 0.0000001000. The highest BCUT2D eigenvalue weighted by molar-refractivity contribution is 4.51. The molecule has 56 valence electrons. The van der Waals surface area contributed by atoms with Crippen LogP contribution in [0.5, 0.6) is 0 Å². The zero-order valence-corrected chi connectivity index (χ0v) is 5.54. The molecule has 1 saturated heterocycles. The number of nitrogens with zero attached hydrogens (tertiary/aromatic N) is 3. The minimum atomic E-state index is 1.14. The predicted molar refractivity (Wildman–Crippen MR) is 34.8 cm³/mol. The van der Waals surface area contributed by atoms with Gasteiger partial charge in [0.05, 0.1) is 0 Å². The van der Waals surface area contributed by atoms with Crippen molar-refractivity contribution in [1.29, 1.82) is 0 Å². The molecule has 1 aliphatic heterocycles. The van der Waals surface area contributed by atoms with Crippen LogP contribution in [0.2, 0.25) is 0 Å². The topological polar surface area (TPSA) is 78.5 Å². The molecular weight excluding hydrogens is 132 g/mol. The van der Waals surface area contributed by atoms with E-state index in [1.807, 2.05) is 0 Å². The van der Waals surface area contributed by atoms with Gasteiger partial charge in [0, 0.05) is 13.1 Å². The van der Waals surface area contributed by atoms with Crippen molar-refractivity contribution in [2.24, 2.45) is 0 Å². The van der Waals surface area contributed by atoms with E-state index in [2.05, 4.69) is 31.5 Å². The van der Waals surface area contributed by atoms with Crippen molar-refractivity contribution >= 4 is 0 Å². The van der Waals surface area contributed by atoms with Crippen molar-refractivity contribution in [3.05, 3.63) is 6.33 Å². The highest BCUT2D eigenvalue weighted by Gasteiger charge is 1.91. The van der Waals surface area contributed by atoms with Crippen LogP contribution in [0.3, 0.4) is 0 Å². The van der Waals surface area contributed by atoms with Gasteiger partial charge >= 0.3 is 0 Å². The molecule has 0 saturated carbocycles. The summed E-state index contributed by atoms with van der Waals surface area (Å²) >= 11 is 0. The number of nitrogens with one attached hydrogen (secondary N) is 3. The lowest BCUT2D eigenvalue weighted by Crippen LogP contribution is -2.21. The summed E-state index contributed by atoms with van der Waals surface area (Å²) in [6.07, 6.45) is 2.61. The highest BCUT2D eigenvalue weighted by Crippen LogP contribution is 1.74. The Kier molecular flexibility index (Phi) is 3.43. The molecule has 0 aliphatic carbocycles. The molecule has 6 heteroatoms. The van der Waals surface area contributed by atoms with Crippen LogP contribution in [0, 0.1) is 0 Å². The molecule has 2 heterocycles. The standard InChI is InChI=1S/C3H8N2.CH2N4/c2*1-2-4-5-3-1/h4-5H,1-3H2;1H,(H,2,3,4,5). The van der Waals surface area contributed by atoms with Crippen molar-refractivity contribution in [2.45, 2.75) is 6.42 Å². The molecule has 6 nitrogen and oxygen atoms in total. The van der Waals surface area contributed by atoms with Gasteiger partial charge in [-0.2, -0.15) is 5.21 Å². The van der Waals surface area contributed by atoms with Crippen molar-refractivity contribution < 1.29 is 0 Å². The largest absolute Gasteiger partial charge is 0.258 e. The van der Waals surface area contributed by atoms with Gasteiger partial charge in [-0.15, -0.1) is 10.2 Å². The molecule has 0 unspecified atom stereocenters. The zero-order valence-electron chi connectivity index (χ0n) is 5.54. The van der Waals surface area contributed by atoms with Crippen LogP contribution in [0.15, 0.2) is 6.33 Å². The van der Waals surface area contributed by atoms with E-state index in [0.29, 0.717) is 0 Å². The Morgan fingerprint density at radius 2 is 2.00 bits per heavy atom. The quantitative estimate of drug-likeness (QED) is 0.419. The van der Waals surface area contributed by atoms with E-state index in [1.54, 1.807) is 0 Å². The Hall–Kier alpha value is -1.01. The average Bonchev–Trinajstić information content (AvgIpc) is 2.67. The molecule has 2 rings (SSSR count). The molecule has 0 bridgehead atoms. The second-order valence-corrected chi connectivity index (χ2v) is 1.77. The third-order valence-electron chi connectivity index (χ3n) is 0.998. The fourth-order valence-electron chi connectivity index (χ4n) is 0.571. The van der Waals surface area contributed by atoms with Gasteiger partial charge in [0.2, 0.25) is 0 Å². The first kappa shape index (κ1) is 7.10. The van der Waals surface area contributed by atoms with Crippen LogP contribution in [0.1, 0.15) is 6.42 Å². The Bertz CT molecular complexity index is 109. The fourth-order valence-corrected chi connectivity index (χ4v) is 0.571. The van der Waals surface area contributed by atoms with Crippen LogP contribution in [0.25, 0.3) is 0 Å². The van der Waals surface area contributed by atoms with Crippen LogP contribution in [0.4, 0.5) is 0 Å². The Morgan fingerprint density at radius 3 is 2.20 bits per heavy atom. The summed E-state index contributed by atoms with van der Waals surface area (Å²) in [7, 11) is 0. The summed E-state index contributed by atoms with van der Waals surface area (Å²) in [6.45, 7) is 2.28. The molecule has 0 atom stereocenters. The van der Waals surface area contributed by atoms with Gasteiger partial charge in [0.25, 0.3) is 0 Å². The van der Waals surface area contributed by atoms with Crippen LogP contribution >= 0.6 is 0 Å². The van der Waals surface area contributed by atoms with Gasteiger partial charge in [-0.05, 0) is 6.42 Å². The SMILES string of the molecule is C1CNNC1.c1nn[nH]n1. The van der Waals surface area contributed by atoms with E-state index >= 15 is 0 Å². The highest BCUT2D eigenvalue weighted by atomic mass is 15.5. The number of rotatable bonds is 0. The molecule has 3 N–H and O–H groups in total.